The fourth-order valence-electron chi connectivity index (χ4n) is 5.17. The van der Waals surface area contributed by atoms with E-state index in [-0.39, 0.29) is 23.9 Å². The van der Waals surface area contributed by atoms with Gasteiger partial charge in [0.05, 0.1) is 18.9 Å². The second-order valence-corrected chi connectivity index (χ2v) is 9.17. The molecule has 2 aromatic heterocycles. The molecule has 0 radical (unpaired) electrons. The molecule has 0 saturated carbocycles. The van der Waals surface area contributed by atoms with E-state index in [0.717, 1.165) is 44.6 Å². The maximum atomic E-state index is 13.3. The number of nitrogens with zero attached hydrogens (tertiary/aromatic N) is 3. The summed E-state index contributed by atoms with van der Waals surface area (Å²) in [5.41, 5.74) is 14.5. The number of aromatic nitrogens is 3. The normalized spacial score (nSPS) is 17.3. The maximum Gasteiger partial charge on any atom is 0.251 e. The third-order valence-electron chi connectivity index (χ3n) is 6.85. The quantitative estimate of drug-likeness (QED) is 0.459. The molecule has 8 heteroatoms. The predicted octanol–water partition coefficient (Wildman–Crippen LogP) is 4.12. The van der Waals surface area contributed by atoms with Gasteiger partial charge in [0, 0.05) is 17.8 Å². The first-order valence-electron chi connectivity index (χ1n) is 11.5. The van der Waals surface area contributed by atoms with Crippen LogP contribution in [0.5, 0.6) is 0 Å². The summed E-state index contributed by atoms with van der Waals surface area (Å²) in [5.74, 6) is -0.0314. The number of halogens is 1. The van der Waals surface area contributed by atoms with Crippen LogP contribution in [0.1, 0.15) is 67.2 Å². The Morgan fingerprint density at radius 3 is 2.57 bits per heavy atom. The van der Waals surface area contributed by atoms with Crippen molar-refractivity contribution >= 4 is 11.7 Å². The molecule has 2 aliphatic heterocycles. The van der Waals surface area contributed by atoms with Gasteiger partial charge in [0.1, 0.15) is 18.0 Å². The lowest BCUT2D eigenvalue weighted by Gasteiger charge is -2.18. The molecule has 2 aromatic carbocycles. The van der Waals surface area contributed by atoms with Crippen molar-refractivity contribution in [2.24, 2.45) is 0 Å². The van der Waals surface area contributed by atoms with E-state index in [1.165, 1.54) is 12.4 Å². The molecule has 35 heavy (non-hydrogen) atoms. The van der Waals surface area contributed by atoms with E-state index >= 15 is 0 Å². The smallest absolute Gasteiger partial charge is 0.251 e. The van der Waals surface area contributed by atoms with Crippen molar-refractivity contribution in [1.82, 2.24) is 20.1 Å². The van der Waals surface area contributed by atoms with Gasteiger partial charge in [0.15, 0.2) is 5.82 Å². The Morgan fingerprint density at radius 1 is 1.09 bits per heavy atom. The average Bonchev–Trinajstić information content (AvgIpc) is 3.51. The van der Waals surface area contributed by atoms with Gasteiger partial charge in [0.25, 0.3) is 5.91 Å². The van der Waals surface area contributed by atoms with E-state index in [1.807, 2.05) is 44.2 Å². The fourth-order valence-corrected chi connectivity index (χ4v) is 5.17. The molecular weight excluding hydrogens is 445 g/mol. The van der Waals surface area contributed by atoms with Crippen molar-refractivity contribution in [3.05, 3.63) is 111 Å². The number of carbonyl (C=O) groups is 1. The minimum Gasteiger partial charge on any atom is -0.384 e. The van der Waals surface area contributed by atoms with Crippen LogP contribution in [0.25, 0.3) is 0 Å². The maximum absolute atomic E-state index is 13.3. The molecule has 0 unspecified atom stereocenters. The molecule has 3 N–H and O–H groups in total. The van der Waals surface area contributed by atoms with Crippen LogP contribution < -0.4 is 11.1 Å². The van der Waals surface area contributed by atoms with Crippen molar-refractivity contribution in [2.75, 3.05) is 5.73 Å². The van der Waals surface area contributed by atoms with Gasteiger partial charge >= 0.3 is 0 Å². The summed E-state index contributed by atoms with van der Waals surface area (Å²) in [5, 5.41) is 7.04. The van der Waals surface area contributed by atoms with E-state index < -0.39 is 0 Å². The Labute approximate surface area is 201 Å². The Morgan fingerprint density at radius 2 is 1.83 bits per heavy atom. The van der Waals surface area contributed by atoms with Crippen molar-refractivity contribution in [2.45, 2.75) is 39.1 Å². The van der Waals surface area contributed by atoms with Crippen LogP contribution in [-0.4, -0.2) is 20.7 Å². The Kier molecular flexibility index (Phi) is 4.93. The molecule has 1 amide bonds. The van der Waals surface area contributed by atoms with E-state index in [2.05, 4.69) is 27.5 Å². The van der Waals surface area contributed by atoms with Gasteiger partial charge in [-0.1, -0.05) is 24.3 Å². The zero-order valence-electron chi connectivity index (χ0n) is 19.4. The zero-order valence-corrected chi connectivity index (χ0v) is 19.4. The van der Waals surface area contributed by atoms with Gasteiger partial charge in [0.2, 0.25) is 0 Å². The van der Waals surface area contributed by atoms with Gasteiger partial charge in [-0.2, -0.15) is 5.10 Å². The highest BCUT2D eigenvalue weighted by Gasteiger charge is 2.43. The lowest BCUT2D eigenvalue weighted by molar-refractivity contribution is 0.0857. The van der Waals surface area contributed by atoms with Crippen LogP contribution in [0.3, 0.4) is 0 Å². The molecule has 6 rings (SSSR count). The minimum atomic E-state index is -0.355. The number of rotatable bonds is 5. The number of pyridine rings is 1. The number of anilines is 1. The summed E-state index contributed by atoms with van der Waals surface area (Å²) in [7, 11) is 0. The molecule has 4 heterocycles. The number of aryl methyl sites for hydroxylation is 2. The Hall–Kier alpha value is -4.04. The molecular formula is C27H24FN5O2. The summed E-state index contributed by atoms with van der Waals surface area (Å²) in [6.07, 6.45) is 2.22. The molecule has 2 bridgehead atoms. The zero-order chi connectivity index (χ0) is 24.3. The van der Waals surface area contributed by atoms with E-state index in [1.54, 1.807) is 4.68 Å². The van der Waals surface area contributed by atoms with Gasteiger partial charge in [-0.15, -0.1) is 0 Å². The highest BCUT2D eigenvalue weighted by molar-refractivity contribution is 5.94. The second kappa shape index (κ2) is 8.02. The number of nitrogens with two attached hydrogens (primary N) is 1. The van der Waals surface area contributed by atoms with Crippen LogP contribution >= 0.6 is 0 Å². The van der Waals surface area contributed by atoms with Crippen LogP contribution in [0.4, 0.5) is 10.2 Å². The third kappa shape index (κ3) is 3.66. The molecule has 2 aliphatic rings. The molecule has 0 fully saturated rings. The molecule has 0 spiro atoms. The molecule has 2 atom stereocenters. The van der Waals surface area contributed by atoms with Gasteiger partial charge in [-0.25, -0.2) is 9.37 Å². The summed E-state index contributed by atoms with van der Waals surface area (Å²) in [4.78, 5) is 17.3. The summed E-state index contributed by atoms with van der Waals surface area (Å²) in [6, 6.07) is 13.8. The van der Waals surface area contributed by atoms with Crippen molar-refractivity contribution in [3.8, 4) is 0 Å². The number of fused-ring (bicyclic) bond motifs is 8. The largest absolute Gasteiger partial charge is 0.384 e. The van der Waals surface area contributed by atoms with Gasteiger partial charge < -0.3 is 15.8 Å². The molecule has 0 aliphatic carbocycles. The Bertz CT molecular complexity index is 1470. The van der Waals surface area contributed by atoms with Crippen molar-refractivity contribution in [3.63, 3.8) is 0 Å². The van der Waals surface area contributed by atoms with Crippen LogP contribution in [0.15, 0.2) is 54.9 Å². The lowest BCUT2D eigenvalue weighted by atomic mass is 9.84. The van der Waals surface area contributed by atoms with Gasteiger partial charge in [-0.3, -0.25) is 9.48 Å². The highest BCUT2D eigenvalue weighted by atomic mass is 19.1. The summed E-state index contributed by atoms with van der Waals surface area (Å²) < 4.78 is 21.2. The predicted molar refractivity (Wildman–Crippen MR) is 128 cm³/mol. The summed E-state index contributed by atoms with van der Waals surface area (Å²) >= 11 is 0. The SMILES string of the molecule is Cc1cc(N)nc(C)c1CNC(=O)c1ccc2c(c1)[C@@H]1O[C@H]2c2ccc(Cn3cc(F)cn3)cc21. The topological polar surface area (TPSA) is 95.1 Å². The minimum absolute atomic E-state index is 0.135. The first-order chi connectivity index (χ1) is 16.9. The number of ether oxygens (including phenoxy) is 1. The molecule has 176 valence electrons. The molecule has 4 aromatic rings. The molecule has 0 saturated heterocycles. The standard InChI is InChI=1S/C27H24FN5O2/c1-14-7-24(29)32-15(2)23(14)11-30-27(34)17-4-6-20-22(9-17)26-21-8-16(3-5-19(21)25(20)35-26)12-33-13-18(28)10-31-33/h3-10,13,25-26H,11-12H2,1-2H3,(H2,29,32)(H,30,34)/t25-,26+/m0/s1. The average molecular weight is 470 g/mol. The van der Waals surface area contributed by atoms with Crippen LogP contribution in [0, 0.1) is 19.7 Å². The lowest BCUT2D eigenvalue weighted by Crippen LogP contribution is -2.24. The van der Waals surface area contributed by atoms with Crippen molar-refractivity contribution < 1.29 is 13.9 Å². The number of carbonyl (C=O) groups excluding carboxylic acids is 1. The first-order valence-corrected chi connectivity index (χ1v) is 11.5. The van der Waals surface area contributed by atoms with Crippen LogP contribution in [0.2, 0.25) is 0 Å². The van der Waals surface area contributed by atoms with Crippen LogP contribution in [-0.2, 0) is 17.8 Å². The van der Waals surface area contributed by atoms with E-state index in [9.17, 15) is 9.18 Å². The third-order valence-corrected chi connectivity index (χ3v) is 6.85. The monoisotopic (exact) mass is 469 g/mol. The Balaban J connectivity index is 1.22. The van der Waals surface area contributed by atoms with Crippen molar-refractivity contribution in [1.29, 1.82) is 0 Å². The van der Waals surface area contributed by atoms with E-state index in [4.69, 9.17) is 10.5 Å². The fraction of sp³-hybridized carbons (Fsp3) is 0.222. The summed E-state index contributed by atoms with van der Waals surface area (Å²) in [6.45, 7) is 4.71. The first kappa shape index (κ1) is 21.5. The number of amides is 1. The number of hydrogen-bond donors (Lipinski definition) is 2. The number of nitrogens with one attached hydrogen (secondary N) is 1. The van der Waals surface area contributed by atoms with Gasteiger partial charge in [-0.05, 0) is 71.0 Å². The highest BCUT2D eigenvalue weighted by Crippen LogP contribution is 2.54. The number of hydrogen-bond acceptors (Lipinski definition) is 5. The second-order valence-electron chi connectivity index (χ2n) is 9.17. The molecule has 7 nitrogen and oxygen atoms in total. The number of benzene rings is 2. The number of nitrogen functional groups attached to an aromatic ring is 1. The van der Waals surface area contributed by atoms with E-state index in [0.29, 0.717) is 24.5 Å².